The van der Waals surface area contributed by atoms with Crippen molar-refractivity contribution < 1.29 is 27.2 Å². The molecule has 0 aliphatic carbocycles. The zero-order chi connectivity index (χ0) is 14.2. The van der Waals surface area contributed by atoms with Crippen molar-refractivity contribution in [2.75, 3.05) is 37.7 Å². The van der Waals surface area contributed by atoms with E-state index in [1.807, 2.05) is 0 Å². The van der Waals surface area contributed by atoms with Crippen LogP contribution in [-0.4, -0.2) is 48.5 Å². The van der Waals surface area contributed by atoms with Crippen molar-refractivity contribution in [2.24, 2.45) is 0 Å². The van der Waals surface area contributed by atoms with E-state index in [4.69, 9.17) is 28.8 Å². The van der Waals surface area contributed by atoms with Crippen molar-refractivity contribution in [3.63, 3.8) is 0 Å². The van der Waals surface area contributed by atoms with Gasteiger partial charge in [0.25, 0.3) is 0 Å². The van der Waals surface area contributed by atoms with Crippen LogP contribution in [0.1, 0.15) is 26.2 Å². The van der Waals surface area contributed by atoms with E-state index in [0.29, 0.717) is 18.7 Å². The zero-order valence-electron chi connectivity index (χ0n) is 10.8. The van der Waals surface area contributed by atoms with Gasteiger partial charge >= 0.3 is 22.4 Å². The van der Waals surface area contributed by atoms with Crippen LogP contribution in [0.4, 0.5) is 0 Å². The maximum atomic E-state index is 11.3. The molecule has 105 valence electrons. The molecule has 0 saturated carbocycles. The number of hydrogen-bond donors (Lipinski definition) is 0. The summed E-state index contributed by atoms with van der Waals surface area (Å²) in [7, 11) is 0. The molecule has 0 unspecified atom stereocenters. The molecule has 0 aromatic rings. The van der Waals surface area contributed by atoms with Gasteiger partial charge in [-0.1, -0.05) is 13.3 Å². The summed E-state index contributed by atoms with van der Waals surface area (Å²) in [5.74, 6) is 1.22. The summed E-state index contributed by atoms with van der Waals surface area (Å²) < 4.78 is 8.22. The van der Waals surface area contributed by atoms with Crippen molar-refractivity contribution in [1.29, 1.82) is 0 Å². The molecule has 0 heterocycles. The summed E-state index contributed by atoms with van der Waals surface area (Å²) in [5.41, 5.74) is 0. The first-order valence-corrected chi connectivity index (χ1v) is 7.90. The Hall–Kier alpha value is 0.579. The van der Waals surface area contributed by atoms with Gasteiger partial charge in [0.2, 0.25) is 0 Å². The Bertz CT molecular complexity index is 200. The van der Waals surface area contributed by atoms with Crippen LogP contribution in [0.25, 0.3) is 5.32 Å². The third kappa shape index (κ3) is 14.6. The van der Waals surface area contributed by atoms with E-state index >= 15 is 0 Å². The van der Waals surface area contributed by atoms with Crippen molar-refractivity contribution in [3.8, 4) is 0 Å². The molecule has 0 atom stereocenters. The van der Waals surface area contributed by atoms with Gasteiger partial charge in [-0.25, -0.2) is 0 Å². The molecule has 1 amide bonds. The van der Waals surface area contributed by atoms with Crippen LogP contribution in [0, 0.1) is 0 Å². The Labute approximate surface area is 132 Å². The van der Waals surface area contributed by atoms with Gasteiger partial charge in [0, 0.05) is 13.0 Å². The number of hydrogen-bond acceptors (Lipinski definition) is 5. The monoisotopic (exact) mass is 376 g/mol. The predicted octanol–water partition coefficient (Wildman–Crippen LogP) is 1.35. The number of carbonyl (C=O) groups excluding carboxylic acids is 1. The average Bonchev–Trinajstić information content (AvgIpc) is 2.41. The number of rotatable bonds is 10. The summed E-state index contributed by atoms with van der Waals surface area (Å²) in [6.07, 6.45) is 2.82. The fourth-order valence-corrected chi connectivity index (χ4v) is 1.70. The Morgan fingerprint density at radius 2 is 1.83 bits per heavy atom. The molecule has 0 radical (unpaired) electrons. The quantitative estimate of drug-likeness (QED) is 0.539. The molecule has 0 aliphatic rings. The molecule has 0 aliphatic heterocycles. The van der Waals surface area contributed by atoms with E-state index < -0.39 is 0 Å². The number of amides is 1. The Morgan fingerprint density at radius 3 is 2.33 bits per heavy atom. The van der Waals surface area contributed by atoms with E-state index in [1.165, 1.54) is 6.42 Å². The molecule has 0 aromatic carbocycles. The third-order valence-corrected chi connectivity index (χ3v) is 2.62. The van der Waals surface area contributed by atoms with Crippen LogP contribution in [0.2, 0.25) is 0 Å². The number of unbranched alkanes of at least 4 members (excludes halogenated alkanes) is 1. The van der Waals surface area contributed by atoms with Crippen LogP contribution in [0.15, 0.2) is 0 Å². The van der Waals surface area contributed by atoms with Crippen LogP contribution in [-0.2, 0) is 52.4 Å². The molecule has 0 spiro atoms. The molecule has 18 heavy (non-hydrogen) atoms. The molecule has 0 saturated heterocycles. The topological polar surface area (TPSA) is 51.5 Å². The Morgan fingerprint density at radius 1 is 1.17 bits per heavy atom. The van der Waals surface area contributed by atoms with Crippen molar-refractivity contribution in [1.82, 2.24) is 4.90 Å². The molecule has 0 fully saturated rings. The van der Waals surface area contributed by atoms with Gasteiger partial charge in [0.05, 0.1) is 5.91 Å². The van der Waals surface area contributed by atoms with E-state index in [1.54, 1.807) is 0 Å². The molecule has 0 N–H and O–H groups in total. The second kappa shape index (κ2) is 17.6. The van der Waals surface area contributed by atoms with Crippen LogP contribution in [0.5, 0.6) is 0 Å². The fraction of sp³-hybridized carbons (Fsp3) is 0.909. The van der Waals surface area contributed by atoms with Gasteiger partial charge in [-0.05, 0) is 19.5 Å². The molecular weight excluding hydrogens is 355 g/mol. The summed E-state index contributed by atoms with van der Waals surface area (Å²) in [4.78, 5) is 13.6. The third-order valence-electron chi connectivity index (χ3n) is 2.26. The maximum absolute atomic E-state index is 11.3. The second-order valence-electron chi connectivity index (χ2n) is 3.63. The van der Waals surface area contributed by atoms with Crippen LogP contribution in [0.3, 0.4) is 0 Å². The van der Waals surface area contributed by atoms with Crippen molar-refractivity contribution in [2.45, 2.75) is 26.2 Å². The number of carbonyl (C=O) groups is 1. The standard InChI is InChI=1S/C11H24N2OS2.O.Tc/c1-2-3-6-13(8-10-16)7-4-11(14)12-5-9-15;;/h2-10H2,1H3,(H3,12,14,15,16);;/q;;+4/p-3/i;;1+1. The minimum absolute atomic E-state index is 0.0317. The van der Waals surface area contributed by atoms with Gasteiger partial charge in [-0.2, -0.15) is 18.1 Å². The predicted molar refractivity (Wildman–Crippen MR) is 74.3 cm³/mol. The average molecular weight is 376 g/mol. The molecule has 4 nitrogen and oxygen atoms in total. The van der Waals surface area contributed by atoms with E-state index in [0.717, 1.165) is 50.7 Å². The summed E-state index contributed by atoms with van der Waals surface area (Å²) in [6, 6.07) is 0. The van der Waals surface area contributed by atoms with Gasteiger partial charge in [-0.3, -0.25) is 0 Å². The molecular formula is C11H21N2O2S2Tc+. The molecule has 0 bridgehead atoms. The van der Waals surface area contributed by atoms with E-state index in [2.05, 4.69) is 17.1 Å². The zero-order valence-corrected chi connectivity index (χ0v) is 14.3. The van der Waals surface area contributed by atoms with Crippen molar-refractivity contribution in [3.05, 3.63) is 5.32 Å². The summed E-state index contributed by atoms with van der Waals surface area (Å²) in [6.45, 7) is 5.33. The first kappa shape index (κ1) is 20.9. The van der Waals surface area contributed by atoms with E-state index in [9.17, 15) is 4.79 Å². The number of nitrogens with zero attached hydrogens (tertiary/aromatic N) is 2. The van der Waals surface area contributed by atoms with E-state index in [-0.39, 0.29) is 5.91 Å². The van der Waals surface area contributed by atoms with Crippen LogP contribution < -0.4 is 0 Å². The fourth-order valence-electron chi connectivity index (χ4n) is 1.35. The van der Waals surface area contributed by atoms with Gasteiger partial charge < -0.3 is 40.3 Å². The van der Waals surface area contributed by atoms with Crippen LogP contribution >= 0.6 is 0 Å². The first-order chi connectivity index (χ1) is 8.74. The molecule has 0 rings (SSSR count). The summed E-state index contributed by atoms with van der Waals surface area (Å²) in [5, 5.41) is 3.86. The normalized spacial score (nSPS) is 9.89. The summed E-state index contributed by atoms with van der Waals surface area (Å²) >= 11 is 10.6. The SMILES string of the molecule is CCCCN(CC[S-])CCC(=O)[N-]CC[S-].[O]=[99Tc+4]. The van der Waals surface area contributed by atoms with Gasteiger partial charge in [0.1, 0.15) is 0 Å². The van der Waals surface area contributed by atoms with Crippen molar-refractivity contribution >= 4 is 31.2 Å². The minimum atomic E-state index is -0.0317. The second-order valence-corrected chi connectivity index (χ2v) is 4.45. The first-order valence-electron chi connectivity index (χ1n) is 5.98. The molecule has 7 heteroatoms. The molecule has 0 aromatic heterocycles. The van der Waals surface area contributed by atoms with Gasteiger partial charge in [-0.15, -0.1) is 0 Å². The Balaban J connectivity index is 0. The van der Waals surface area contributed by atoms with Gasteiger partial charge in [0.15, 0.2) is 0 Å². The Kier molecular flexibility index (Phi) is 20.4.